The number of nitrogens with one attached hydrogen (secondary N) is 2. The highest BCUT2D eigenvalue weighted by atomic mass is 16.4. The van der Waals surface area contributed by atoms with Gasteiger partial charge in [-0.1, -0.05) is 30.3 Å². The standard InChI is InChI=1S/C21H13N3O3/c25-20-19-17(15(10-23-19)21(26)27)14-9-12(6-7-16(14)24-20)13-5-1-3-11-4-2-8-22-18(11)13/h1-10,23H,(H,24,25)(H,26,27). The van der Waals surface area contributed by atoms with Crippen LogP contribution in [-0.4, -0.2) is 26.0 Å². The molecule has 3 heterocycles. The predicted molar refractivity (Wildman–Crippen MR) is 104 cm³/mol. The summed E-state index contributed by atoms with van der Waals surface area (Å²) in [5.41, 5.74) is 3.30. The van der Waals surface area contributed by atoms with Crippen molar-refractivity contribution in [1.82, 2.24) is 15.0 Å². The average Bonchev–Trinajstić information content (AvgIpc) is 3.14. The number of H-pyrrole nitrogens is 2. The van der Waals surface area contributed by atoms with E-state index in [-0.39, 0.29) is 16.6 Å². The number of aromatic amines is 2. The van der Waals surface area contributed by atoms with Crippen molar-refractivity contribution in [3.8, 4) is 11.1 Å². The summed E-state index contributed by atoms with van der Waals surface area (Å²) in [4.78, 5) is 34.0. The Morgan fingerprint density at radius 2 is 1.93 bits per heavy atom. The van der Waals surface area contributed by atoms with Crippen molar-refractivity contribution in [2.75, 3.05) is 0 Å². The first kappa shape index (κ1) is 15.3. The summed E-state index contributed by atoms with van der Waals surface area (Å²) >= 11 is 0. The Balaban J connectivity index is 1.89. The number of benzene rings is 2. The Bertz CT molecular complexity index is 1420. The van der Waals surface area contributed by atoms with E-state index in [1.54, 1.807) is 12.3 Å². The van der Waals surface area contributed by atoms with Gasteiger partial charge < -0.3 is 15.1 Å². The SMILES string of the molecule is O=C(O)c1c[nH]c2c(=O)[nH]c3ccc(-c4cccc5cccnc45)cc3c12. The summed E-state index contributed by atoms with van der Waals surface area (Å²) in [7, 11) is 0. The van der Waals surface area contributed by atoms with E-state index in [2.05, 4.69) is 15.0 Å². The summed E-state index contributed by atoms with van der Waals surface area (Å²) in [6.45, 7) is 0. The van der Waals surface area contributed by atoms with E-state index in [4.69, 9.17) is 0 Å². The zero-order chi connectivity index (χ0) is 18.5. The molecule has 0 spiro atoms. The predicted octanol–water partition coefficient (Wildman–Crippen LogP) is 3.92. The average molecular weight is 355 g/mol. The molecule has 0 unspecified atom stereocenters. The van der Waals surface area contributed by atoms with Crippen molar-refractivity contribution in [3.05, 3.63) is 76.8 Å². The number of pyridine rings is 2. The molecular formula is C21H13N3O3. The summed E-state index contributed by atoms with van der Waals surface area (Å²) in [5.74, 6) is -1.08. The molecule has 0 saturated heterocycles. The van der Waals surface area contributed by atoms with Gasteiger partial charge >= 0.3 is 5.97 Å². The van der Waals surface area contributed by atoms with Gasteiger partial charge in [-0.3, -0.25) is 9.78 Å². The van der Waals surface area contributed by atoms with Gasteiger partial charge in [0.15, 0.2) is 0 Å². The molecule has 3 N–H and O–H groups in total. The minimum absolute atomic E-state index is 0.0781. The molecular weight excluding hydrogens is 342 g/mol. The second kappa shape index (κ2) is 5.54. The summed E-state index contributed by atoms with van der Waals surface area (Å²) in [6, 6.07) is 15.4. The van der Waals surface area contributed by atoms with Gasteiger partial charge in [0, 0.05) is 39.6 Å². The number of carboxylic acids is 1. The monoisotopic (exact) mass is 355 g/mol. The molecule has 3 aromatic heterocycles. The quantitative estimate of drug-likeness (QED) is 0.447. The van der Waals surface area contributed by atoms with Crippen LogP contribution in [0.2, 0.25) is 0 Å². The van der Waals surface area contributed by atoms with E-state index < -0.39 is 5.97 Å². The molecule has 0 amide bonds. The molecule has 2 aromatic carbocycles. The molecule has 0 saturated carbocycles. The Morgan fingerprint density at radius 1 is 1.07 bits per heavy atom. The molecule has 0 aliphatic heterocycles. The van der Waals surface area contributed by atoms with Gasteiger partial charge in [-0.05, 0) is 23.8 Å². The molecule has 0 radical (unpaired) electrons. The van der Waals surface area contributed by atoms with Crippen molar-refractivity contribution < 1.29 is 9.90 Å². The zero-order valence-corrected chi connectivity index (χ0v) is 14.0. The van der Waals surface area contributed by atoms with E-state index in [1.165, 1.54) is 6.20 Å². The van der Waals surface area contributed by atoms with Crippen LogP contribution in [0.3, 0.4) is 0 Å². The Morgan fingerprint density at radius 3 is 2.78 bits per heavy atom. The maximum absolute atomic E-state index is 12.3. The first-order valence-electron chi connectivity index (χ1n) is 8.38. The van der Waals surface area contributed by atoms with Crippen LogP contribution in [0.5, 0.6) is 0 Å². The molecule has 6 nitrogen and oxygen atoms in total. The third-order valence-corrected chi connectivity index (χ3v) is 4.82. The van der Waals surface area contributed by atoms with Gasteiger partial charge in [0.1, 0.15) is 5.52 Å². The lowest BCUT2D eigenvalue weighted by atomic mass is 9.98. The number of aromatic nitrogens is 3. The maximum Gasteiger partial charge on any atom is 0.337 e. The number of rotatable bonds is 2. The fourth-order valence-electron chi connectivity index (χ4n) is 3.60. The van der Waals surface area contributed by atoms with Crippen molar-refractivity contribution in [2.24, 2.45) is 0 Å². The number of para-hydroxylation sites is 1. The van der Waals surface area contributed by atoms with Gasteiger partial charge in [-0.15, -0.1) is 0 Å². The highest BCUT2D eigenvalue weighted by Gasteiger charge is 2.17. The lowest BCUT2D eigenvalue weighted by molar-refractivity contribution is 0.0699. The topological polar surface area (TPSA) is 98.8 Å². The van der Waals surface area contributed by atoms with Crippen LogP contribution in [-0.2, 0) is 0 Å². The molecule has 0 atom stereocenters. The molecule has 5 aromatic rings. The molecule has 0 aliphatic rings. The lowest BCUT2D eigenvalue weighted by Crippen LogP contribution is -2.07. The van der Waals surface area contributed by atoms with Crippen molar-refractivity contribution in [1.29, 1.82) is 0 Å². The van der Waals surface area contributed by atoms with E-state index in [0.29, 0.717) is 16.3 Å². The van der Waals surface area contributed by atoms with Crippen LogP contribution in [0, 0.1) is 0 Å². The van der Waals surface area contributed by atoms with Crippen LogP contribution in [0.1, 0.15) is 10.4 Å². The van der Waals surface area contributed by atoms with Crippen molar-refractivity contribution in [3.63, 3.8) is 0 Å². The molecule has 0 bridgehead atoms. The fourth-order valence-corrected chi connectivity index (χ4v) is 3.60. The van der Waals surface area contributed by atoms with Gasteiger partial charge in [-0.2, -0.15) is 0 Å². The second-order valence-corrected chi connectivity index (χ2v) is 6.35. The number of carbonyl (C=O) groups is 1. The summed E-state index contributed by atoms with van der Waals surface area (Å²) < 4.78 is 0. The zero-order valence-electron chi connectivity index (χ0n) is 14.0. The van der Waals surface area contributed by atoms with Gasteiger partial charge in [0.25, 0.3) is 5.56 Å². The second-order valence-electron chi connectivity index (χ2n) is 6.35. The molecule has 5 rings (SSSR count). The normalized spacial score (nSPS) is 11.4. The third-order valence-electron chi connectivity index (χ3n) is 4.82. The first-order valence-corrected chi connectivity index (χ1v) is 8.38. The van der Waals surface area contributed by atoms with Crippen LogP contribution in [0.15, 0.2) is 65.7 Å². The molecule has 130 valence electrons. The Hall–Kier alpha value is -3.93. The van der Waals surface area contributed by atoms with Crippen LogP contribution < -0.4 is 5.56 Å². The summed E-state index contributed by atoms with van der Waals surface area (Å²) in [6.07, 6.45) is 3.10. The highest BCUT2D eigenvalue weighted by molar-refractivity contribution is 6.15. The van der Waals surface area contributed by atoms with E-state index >= 15 is 0 Å². The maximum atomic E-state index is 12.3. The largest absolute Gasteiger partial charge is 0.478 e. The number of aromatic carboxylic acids is 1. The minimum Gasteiger partial charge on any atom is -0.478 e. The smallest absolute Gasteiger partial charge is 0.337 e. The van der Waals surface area contributed by atoms with Gasteiger partial charge in [0.2, 0.25) is 0 Å². The number of hydrogen-bond acceptors (Lipinski definition) is 3. The van der Waals surface area contributed by atoms with Crippen LogP contribution >= 0.6 is 0 Å². The number of nitrogens with zero attached hydrogens (tertiary/aromatic N) is 1. The van der Waals surface area contributed by atoms with Crippen LogP contribution in [0.25, 0.3) is 43.8 Å². The van der Waals surface area contributed by atoms with Crippen molar-refractivity contribution >= 4 is 38.7 Å². The number of hydrogen-bond donors (Lipinski definition) is 3. The van der Waals surface area contributed by atoms with Gasteiger partial charge in [0.05, 0.1) is 11.1 Å². The third kappa shape index (κ3) is 2.23. The first-order chi connectivity index (χ1) is 13.1. The summed E-state index contributed by atoms with van der Waals surface area (Å²) in [5, 5.41) is 11.6. The molecule has 0 fully saturated rings. The Kier molecular flexibility index (Phi) is 3.14. The Labute approximate surface area is 152 Å². The molecule has 6 heteroatoms. The number of fused-ring (bicyclic) bond motifs is 4. The van der Waals surface area contributed by atoms with Crippen molar-refractivity contribution in [2.45, 2.75) is 0 Å². The number of carboxylic acid groups (broad SMARTS) is 1. The molecule has 0 aliphatic carbocycles. The van der Waals surface area contributed by atoms with Gasteiger partial charge in [-0.25, -0.2) is 4.79 Å². The van der Waals surface area contributed by atoms with E-state index in [9.17, 15) is 14.7 Å². The molecule has 27 heavy (non-hydrogen) atoms. The fraction of sp³-hybridized carbons (Fsp3) is 0. The van der Waals surface area contributed by atoms with E-state index in [0.717, 1.165) is 22.0 Å². The lowest BCUT2D eigenvalue weighted by Gasteiger charge is -2.08. The minimum atomic E-state index is -1.08. The van der Waals surface area contributed by atoms with E-state index in [1.807, 2.05) is 42.5 Å². The van der Waals surface area contributed by atoms with Crippen LogP contribution in [0.4, 0.5) is 0 Å². The highest BCUT2D eigenvalue weighted by Crippen LogP contribution is 2.32.